The lowest BCUT2D eigenvalue weighted by molar-refractivity contribution is -0.689. The van der Waals surface area contributed by atoms with E-state index in [9.17, 15) is 14.2 Å². The van der Waals surface area contributed by atoms with Crippen molar-refractivity contribution in [2.45, 2.75) is 31.3 Å². The smallest absolute Gasteiger partial charge is 0.395 e. The van der Waals surface area contributed by atoms with Crippen LogP contribution in [0.1, 0.15) is 19.2 Å². The van der Waals surface area contributed by atoms with Crippen LogP contribution in [0.3, 0.4) is 0 Å². The predicted molar refractivity (Wildman–Crippen MR) is 128 cm³/mol. The first-order valence-electron chi connectivity index (χ1n) is 10.5. The molecule has 2 aromatic heterocycles. The fourth-order valence-electron chi connectivity index (χ4n) is 3.30. The summed E-state index contributed by atoms with van der Waals surface area (Å²) in [6, 6.07) is 5.04. The molecule has 4 heterocycles. The van der Waals surface area contributed by atoms with E-state index in [0.717, 1.165) is 5.57 Å². The Balaban J connectivity index is 1.44. The highest BCUT2D eigenvalue weighted by molar-refractivity contribution is 8.00. The van der Waals surface area contributed by atoms with Crippen molar-refractivity contribution in [2.24, 2.45) is 5.16 Å². The molecule has 2 aromatic rings. The Hall–Kier alpha value is -2.84. The second-order valence-corrected chi connectivity index (χ2v) is 10.8. The molecular formula is C19H23N7O6PS2+. The molecule has 1 saturated heterocycles. The molecule has 16 heteroatoms. The number of oxime groups is 1. The number of thioether (sulfide) groups is 1. The minimum atomic E-state index is -4.60. The van der Waals surface area contributed by atoms with E-state index < -0.39 is 19.7 Å². The van der Waals surface area contributed by atoms with Crippen LogP contribution in [0, 0.1) is 0 Å². The number of amides is 2. The van der Waals surface area contributed by atoms with Crippen LogP contribution in [-0.4, -0.2) is 65.3 Å². The van der Waals surface area contributed by atoms with Gasteiger partial charge in [0.1, 0.15) is 18.0 Å². The summed E-state index contributed by atoms with van der Waals surface area (Å²) in [6.45, 7) is 2.75. The number of hydrogen-bond donors (Lipinski definition) is 4. The molecule has 13 nitrogen and oxygen atoms in total. The van der Waals surface area contributed by atoms with Crippen LogP contribution in [0.15, 0.2) is 47.5 Å². The van der Waals surface area contributed by atoms with Crippen LogP contribution in [0.2, 0.25) is 0 Å². The Labute approximate surface area is 208 Å². The zero-order valence-electron chi connectivity index (χ0n) is 18.5. The quantitative estimate of drug-likeness (QED) is 0.0828. The Bertz CT molecular complexity index is 1200. The lowest BCUT2D eigenvalue weighted by Gasteiger charge is -2.47. The van der Waals surface area contributed by atoms with Gasteiger partial charge in [-0.1, -0.05) is 18.1 Å². The maximum absolute atomic E-state index is 13.0. The van der Waals surface area contributed by atoms with Gasteiger partial charge >= 0.3 is 7.75 Å². The van der Waals surface area contributed by atoms with Crippen molar-refractivity contribution >= 4 is 53.7 Å². The zero-order chi connectivity index (χ0) is 25.0. The number of β-lactam (4-membered cyclic amide) rings is 1. The van der Waals surface area contributed by atoms with Crippen molar-refractivity contribution in [3.8, 4) is 0 Å². The lowest BCUT2D eigenvalue weighted by atomic mass is 10.1. The fourth-order valence-corrected chi connectivity index (χ4v) is 5.80. The summed E-state index contributed by atoms with van der Waals surface area (Å²) in [6.07, 6.45) is 6.37. The standard InChI is InChI=1S/C19H22N7O6PS2/c1-2-8-32-22-13(15-21-19(35-24-15)23-33(29,30)31)16(27)20-14-17(28)26-10-12(11-34-18(14)26)9-25-6-4-3-5-7-25/h3-7,10,14,18H,2,8-9,11H2,1H3,(H3-,20,21,23,24,27,29,30,31)/p+1/t14?,18-/m0/s1. The van der Waals surface area contributed by atoms with Gasteiger partial charge in [-0.15, -0.1) is 11.8 Å². The summed E-state index contributed by atoms with van der Waals surface area (Å²) in [5.41, 5.74) is 0.782. The van der Waals surface area contributed by atoms with Crippen molar-refractivity contribution in [2.75, 3.05) is 17.4 Å². The molecule has 186 valence electrons. The van der Waals surface area contributed by atoms with E-state index in [4.69, 9.17) is 14.6 Å². The molecular weight excluding hydrogens is 517 g/mol. The van der Waals surface area contributed by atoms with Gasteiger partial charge in [-0.25, -0.2) is 9.13 Å². The second kappa shape index (κ2) is 10.8. The van der Waals surface area contributed by atoms with Crippen LogP contribution in [-0.2, 0) is 25.5 Å². The number of aromatic nitrogens is 3. The van der Waals surface area contributed by atoms with Crippen molar-refractivity contribution in [3.05, 3.63) is 48.2 Å². The lowest BCUT2D eigenvalue weighted by Crippen LogP contribution is -2.69. The van der Waals surface area contributed by atoms with Crippen LogP contribution in [0.5, 0.6) is 0 Å². The highest BCUT2D eigenvalue weighted by Gasteiger charge is 2.50. The molecule has 35 heavy (non-hydrogen) atoms. The van der Waals surface area contributed by atoms with Crippen LogP contribution in [0.25, 0.3) is 0 Å². The molecule has 2 amide bonds. The molecule has 0 radical (unpaired) electrons. The molecule has 1 fully saturated rings. The molecule has 0 aromatic carbocycles. The molecule has 2 aliphatic heterocycles. The van der Waals surface area contributed by atoms with Gasteiger partial charge in [0, 0.05) is 41.2 Å². The maximum Gasteiger partial charge on any atom is 0.429 e. The van der Waals surface area contributed by atoms with Gasteiger partial charge < -0.3 is 24.8 Å². The highest BCUT2D eigenvalue weighted by atomic mass is 32.2. The fraction of sp³-hybridized carbons (Fsp3) is 0.368. The first kappa shape index (κ1) is 25.3. The SMILES string of the molecule is CCCON=C(C(=O)NC1C(=O)N2C=C(C[n+]3ccccc3)CS[C@@H]12)c1nsc(NP(=O)(O)O)n1. The minimum Gasteiger partial charge on any atom is -0.395 e. The first-order valence-corrected chi connectivity index (χ1v) is 13.9. The topological polar surface area (TPSA) is 170 Å². The van der Waals surface area contributed by atoms with Gasteiger partial charge in [-0.3, -0.25) is 14.7 Å². The second-order valence-electron chi connectivity index (χ2n) is 7.59. The third-order valence-electron chi connectivity index (χ3n) is 4.84. The third-order valence-corrected chi connectivity index (χ3v) is 7.50. The van der Waals surface area contributed by atoms with Crippen molar-refractivity contribution in [1.82, 2.24) is 19.6 Å². The minimum absolute atomic E-state index is 0.179. The molecule has 0 bridgehead atoms. The van der Waals surface area contributed by atoms with E-state index in [2.05, 4.69) is 19.8 Å². The van der Waals surface area contributed by atoms with E-state index in [1.165, 1.54) is 0 Å². The van der Waals surface area contributed by atoms with Gasteiger partial charge in [0.2, 0.25) is 16.7 Å². The van der Waals surface area contributed by atoms with Crippen LogP contribution in [0.4, 0.5) is 5.13 Å². The number of rotatable bonds is 10. The molecule has 4 N–H and O–H groups in total. The summed E-state index contributed by atoms with van der Waals surface area (Å²) in [5, 5.41) is 7.93. The van der Waals surface area contributed by atoms with E-state index in [-0.39, 0.29) is 34.6 Å². The molecule has 0 spiro atoms. The van der Waals surface area contributed by atoms with Crippen LogP contribution >= 0.6 is 31.0 Å². The summed E-state index contributed by atoms with van der Waals surface area (Å²) >= 11 is 2.20. The first-order chi connectivity index (χ1) is 16.7. The molecule has 0 aliphatic carbocycles. The van der Waals surface area contributed by atoms with Crippen LogP contribution < -0.4 is 15.0 Å². The van der Waals surface area contributed by atoms with E-state index in [1.807, 2.05) is 53.4 Å². The van der Waals surface area contributed by atoms with E-state index in [0.29, 0.717) is 30.3 Å². The number of fused-ring (bicyclic) bond motifs is 1. The predicted octanol–water partition coefficient (Wildman–Crippen LogP) is 0.445. The van der Waals surface area contributed by atoms with Gasteiger partial charge in [0.25, 0.3) is 11.8 Å². The average molecular weight is 541 g/mol. The largest absolute Gasteiger partial charge is 0.429 e. The summed E-state index contributed by atoms with van der Waals surface area (Å²) < 4.78 is 17.1. The number of pyridine rings is 1. The number of anilines is 1. The molecule has 1 unspecified atom stereocenters. The zero-order valence-corrected chi connectivity index (χ0v) is 21.0. The molecule has 0 saturated carbocycles. The Kier molecular flexibility index (Phi) is 7.82. The Morgan fingerprint density at radius 3 is 2.86 bits per heavy atom. The highest BCUT2D eigenvalue weighted by Crippen LogP contribution is 2.37. The van der Waals surface area contributed by atoms with Crippen molar-refractivity contribution in [1.29, 1.82) is 0 Å². The monoisotopic (exact) mass is 540 g/mol. The summed E-state index contributed by atoms with van der Waals surface area (Å²) in [7, 11) is -4.60. The Morgan fingerprint density at radius 2 is 2.14 bits per heavy atom. The third kappa shape index (κ3) is 6.24. The van der Waals surface area contributed by atoms with Gasteiger partial charge in [-0.2, -0.15) is 9.36 Å². The number of carbonyl (C=O) groups excluding carboxylic acids is 2. The van der Waals surface area contributed by atoms with Crippen molar-refractivity contribution in [3.63, 3.8) is 0 Å². The van der Waals surface area contributed by atoms with E-state index in [1.54, 1.807) is 16.7 Å². The number of nitrogens with zero attached hydrogens (tertiary/aromatic N) is 5. The van der Waals surface area contributed by atoms with Gasteiger partial charge in [0.05, 0.1) is 0 Å². The normalized spacial score (nSPS) is 20.0. The number of hydrogen-bond acceptors (Lipinski definition) is 9. The maximum atomic E-state index is 13.0. The molecule has 2 atom stereocenters. The molecule has 2 aliphatic rings. The summed E-state index contributed by atoms with van der Waals surface area (Å²) in [5.74, 6) is -0.458. The number of carbonyl (C=O) groups is 2. The number of nitrogens with one attached hydrogen (secondary N) is 2. The van der Waals surface area contributed by atoms with Crippen molar-refractivity contribution < 1.29 is 33.3 Å². The van der Waals surface area contributed by atoms with Gasteiger partial charge in [0.15, 0.2) is 18.9 Å². The molecule has 4 rings (SSSR count). The average Bonchev–Trinajstić information content (AvgIpc) is 3.27. The summed E-state index contributed by atoms with van der Waals surface area (Å²) in [4.78, 5) is 54.5. The Morgan fingerprint density at radius 1 is 1.37 bits per heavy atom. The van der Waals surface area contributed by atoms with Gasteiger partial charge in [-0.05, 0) is 6.42 Å². The van der Waals surface area contributed by atoms with E-state index >= 15 is 0 Å².